The summed E-state index contributed by atoms with van der Waals surface area (Å²) < 4.78 is 0. The predicted molar refractivity (Wildman–Crippen MR) is 41.2 cm³/mol. The van der Waals surface area contributed by atoms with Crippen molar-refractivity contribution in [3.8, 4) is 0 Å². The van der Waals surface area contributed by atoms with E-state index >= 15 is 0 Å². The molecule has 0 fully saturated rings. The predicted octanol–water partition coefficient (Wildman–Crippen LogP) is 0.333. The van der Waals surface area contributed by atoms with Gasteiger partial charge >= 0.3 is 6.41 Å². The van der Waals surface area contributed by atoms with Crippen LogP contribution in [0.3, 0.4) is 0 Å². The fourth-order valence-corrected chi connectivity index (χ4v) is 0.809. The number of nitrogens with zero attached hydrogens (tertiary/aromatic N) is 1. The lowest BCUT2D eigenvalue weighted by Gasteiger charge is -2.17. The van der Waals surface area contributed by atoms with Crippen LogP contribution in [0.25, 0.3) is 0 Å². The van der Waals surface area contributed by atoms with E-state index in [0.29, 0.717) is 6.67 Å². The van der Waals surface area contributed by atoms with Gasteiger partial charge in [0.1, 0.15) is 0 Å². The Labute approximate surface area is 62.4 Å². The van der Waals surface area contributed by atoms with Gasteiger partial charge in [-0.3, -0.25) is 9.69 Å². The molecule has 0 aromatic rings. The second-order valence-corrected chi connectivity index (χ2v) is 2.15. The van der Waals surface area contributed by atoms with Crippen LogP contribution in [0.4, 0.5) is 0 Å². The van der Waals surface area contributed by atoms with Crippen LogP contribution in [0.2, 0.25) is 0 Å². The number of hydrogen-bond donors (Lipinski definition) is 1. The highest BCUT2D eigenvalue weighted by atomic mass is 16.1. The molecule has 10 heavy (non-hydrogen) atoms. The van der Waals surface area contributed by atoms with Crippen molar-refractivity contribution in [2.75, 3.05) is 19.8 Å². The van der Waals surface area contributed by atoms with Crippen LogP contribution in [0, 0.1) is 0 Å². The maximum absolute atomic E-state index is 9.77. The summed E-state index contributed by atoms with van der Waals surface area (Å²) in [4.78, 5) is 11.9. The standard InChI is InChI=1S/C7H15N2O/c1-3-5-9(4-2)6-8-7-10/h3-6H2,1-2H3,(H,8,10). The highest BCUT2D eigenvalue weighted by Crippen LogP contribution is 1.86. The van der Waals surface area contributed by atoms with E-state index in [4.69, 9.17) is 0 Å². The molecule has 0 saturated carbocycles. The van der Waals surface area contributed by atoms with Crippen molar-refractivity contribution in [1.82, 2.24) is 10.2 Å². The van der Waals surface area contributed by atoms with Crippen LogP contribution < -0.4 is 5.32 Å². The average molecular weight is 143 g/mol. The fraction of sp³-hybridized carbons (Fsp3) is 0.857. The quantitative estimate of drug-likeness (QED) is 0.429. The number of rotatable bonds is 6. The fourth-order valence-electron chi connectivity index (χ4n) is 0.809. The first-order valence-corrected chi connectivity index (χ1v) is 3.67. The summed E-state index contributed by atoms with van der Waals surface area (Å²) in [7, 11) is 0. The molecule has 0 spiro atoms. The van der Waals surface area contributed by atoms with E-state index in [2.05, 4.69) is 24.1 Å². The molecule has 0 aromatic carbocycles. The molecule has 0 bridgehead atoms. The molecule has 0 heterocycles. The summed E-state index contributed by atoms with van der Waals surface area (Å²) in [6, 6.07) is 0. The monoisotopic (exact) mass is 143 g/mol. The lowest BCUT2D eigenvalue weighted by Crippen LogP contribution is -2.33. The SMILES string of the molecule is CCCN(CC)CN[C]=O. The molecular formula is C7H15N2O. The van der Waals surface area contributed by atoms with Gasteiger partial charge in [-0.05, 0) is 19.5 Å². The van der Waals surface area contributed by atoms with Gasteiger partial charge in [0.15, 0.2) is 0 Å². The number of carbonyl (C=O) groups excluding carboxylic acids is 1. The summed E-state index contributed by atoms with van der Waals surface area (Å²) in [6.45, 7) is 6.82. The third-order valence-corrected chi connectivity index (χ3v) is 1.36. The van der Waals surface area contributed by atoms with E-state index in [-0.39, 0.29) is 0 Å². The Hall–Kier alpha value is -0.570. The highest BCUT2D eigenvalue weighted by molar-refractivity contribution is 5.46. The van der Waals surface area contributed by atoms with Gasteiger partial charge in [0.2, 0.25) is 0 Å². The lowest BCUT2D eigenvalue weighted by molar-refractivity contribution is 0.281. The first kappa shape index (κ1) is 9.43. The van der Waals surface area contributed by atoms with Crippen molar-refractivity contribution in [1.29, 1.82) is 0 Å². The van der Waals surface area contributed by atoms with Crippen LogP contribution in [0.5, 0.6) is 0 Å². The minimum Gasteiger partial charge on any atom is -0.335 e. The van der Waals surface area contributed by atoms with Crippen molar-refractivity contribution in [3.63, 3.8) is 0 Å². The van der Waals surface area contributed by atoms with Gasteiger partial charge in [-0.1, -0.05) is 13.8 Å². The van der Waals surface area contributed by atoms with Gasteiger partial charge in [0.25, 0.3) is 0 Å². The average Bonchev–Trinajstić information content (AvgIpc) is 1.98. The molecule has 0 rings (SSSR count). The first-order chi connectivity index (χ1) is 4.85. The van der Waals surface area contributed by atoms with Crippen LogP contribution in [-0.4, -0.2) is 31.1 Å². The summed E-state index contributed by atoms with van der Waals surface area (Å²) in [5.41, 5.74) is 0. The summed E-state index contributed by atoms with van der Waals surface area (Å²) in [5, 5.41) is 2.50. The van der Waals surface area contributed by atoms with Crippen molar-refractivity contribution < 1.29 is 4.79 Å². The lowest BCUT2D eigenvalue weighted by atomic mass is 10.4. The highest BCUT2D eigenvalue weighted by Gasteiger charge is 1.96. The second kappa shape index (κ2) is 6.55. The zero-order chi connectivity index (χ0) is 7.82. The molecule has 0 aliphatic heterocycles. The summed E-state index contributed by atoms with van der Waals surface area (Å²) in [6.07, 6.45) is 2.77. The van der Waals surface area contributed by atoms with Crippen LogP contribution in [0.15, 0.2) is 0 Å². The Morgan fingerprint density at radius 1 is 1.50 bits per heavy atom. The molecule has 0 atom stereocenters. The van der Waals surface area contributed by atoms with Gasteiger partial charge in [0.05, 0.1) is 6.67 Å². The Balaban J connectivity index is 3.29. The van der Waals surface area contributed by atoms with E-state index in [1.807, 2.05) is 0 Å². The normalized spacial score (nSPS) is 9.90. The Bertz CT molecular complexity index is 85.7. The molecule has 3 heteroatoms. The van der Waals surface area contributed by atoms with Gasteiger partial charge in [-0.25, -0.2) is 0 Å². The van der Waals surface area contributed by atoms with E-state index < -0.39 is 0 Å². The van der Waals surface area contributed by atoms with Crippen LogP contribution in [0.1, 0.15) is 20.3 Å². The van der Waals surface area contributed by atoms with E-state index in [0.717, 1.165) is 19.5 Å². The third kappa shape index (κ3) is 4.32. The largest absolute Gasteiger partial charge is 0.335 e. The molecule has 1 N–H and O–H groups in total. The Kier molecular flexibility index (Phi) is 6.18. The summed E-state index contributed by atoms with van der Waals surface area (Å²) in [5.74, 6) is 0. The van der Waals surface area contributed by atoms with Crippen LogP contribution in [-0.2, 0) is 4.79 Å². The molecule has 0 unspecified atom stereocenters. The zero-order valence-corrected chi connectivity index (χ0v) is 6.68. The first-order valence-electron chi connectivity index (χ1n) is 3.67. The molecule has 0 saturated heterocycles. The molecule has 0 aliphatic rings. The minimum absolute atomic E-state index is 0.619. The third-order valence-electron chi connectivity index (χ3n) is 1.36. The number of hydrogen-bond acceptors (Lipinski definition) is 2. The number of nitrogens with one attached hydrogen (secondary N) is 1. The molecular weight excluding hydrogens is 128 g/mol. The molecule has 1 amide bonds. The zero-order valence-electron chi connectivity index (χ0n) is 6.68. The van der Waals surface area contributed by atoms with Gasteiger partial charge in [-0.15, -0.1) is 0 Å². The van der Waals surface area contributed by atoms with Gasteiger partial charge in [0, 0.05) is 0 Å². The molecule has 59 valence electrons. The maximum atomic E-state index is 9.77. The Morgan fingerprint density at radius 3 is 2.60 bits per heavy atom. The second-order valence-electron chi connectivity index (χ2n) is 2.15. The van der Waals surface area contributed by atoms with E-state index in [9.17, 15) is 4.79 Å². The summed E-state index contributed by atoms with van der Waals surface area (Å²) >= 11 is 0. The molecule has 0 aromatic heterocycles. The maximum Gasteiger partial charge on any atom is 0.310 e. The molecule has 1 radical (unpaired) electrons. The molecule has 0 aliphatic carbocycles. The van der Waals surface area contributed by atoms with E-state index in [1.165, 1.54) is 0 Å². The van der Waals surface area contributed by atoms with Crippen molar-refractivity contribution >= 4 is 6.41 Å². The van der Waals surface area contributed by atoms with Crippen LogP contribution >= 0.6 is 0 Å². The topological polar surface area (TPSA) is 32.3 Å². The van der Waals surface area contributed by atoms with Crippen molar-refractivity contribution in [2.45, 2.75) is 20.3 Å². The Morgan fingerprint density at radius 2 is 2.20 bits per heavy atom. The smallest absolute Gasteiger partial charge is 0.310 e. The van der Waals surface area contributed by atoms with E-state index in [1.54, 1.807) is 6.41 Å². The minimum atomic E-state index is 0.619. The molecule has 3 nitrogen and oxygen atoms in total. The van der Waals surface area contributed by atoms with Gasteiger partial charge < -0.3 is 5.32 Å². The van der Waals surface area contributed by atoms with Crippen molar-refractivity contribution in [3.05, 3.63) is 0 Å². The van der Waals surface area contributed by atoms with Crippen molar-refractivity contribution in [2.24, 2.45) is 0 Å². The number of amides is 1. The van der Waals surface area contributed by atoms with Gasteiger partial charge in [-0.2, -0.15) is 0 Å².